The Bertz CT molecular complexity index is 952. The molecule has 0 aliphatic carbocycles. The number of aliphatic imine (C=N–C) groups is 1. The van der Waals surface area contributed by atoms with Gasteiger partial charge in [0.2, 0.25) is 0 Å². The van der Waals surface area contributed by atoms with Gasteiger partial charge in [0.05, 0.1) is 5.82 Å². The molecule has 1 heterocycles. The molecule has 0 saturated carbocycles. The smallest absolute Gasteiger partial charge is 0.143 e. The number of benzene rings is 1. The molecule has 0 bridgehead atoms. The fraction of sp³-hybridized carbons (Fsp3) is 0.333. The number of allylic oxidation sites excluding steroid dienone is 4. The summed E-state index contributed by atoms with van der Waals surface area (Å²) in [6, 6.07) is 6.10. The average Bonchev–Trinajstić information content (AvgIpc) is 3.12. The van der Waals surface area contributed by atoms with Crippen LogP contribution >= 0.6 is 20.8 Å². The van der Waals surface area contributed by atoms with E-state index in [4.69, 9.17) is 11.6 Å². The maximum absolute atomic E-state index is 14.8. The normalized spacial score (nSPS) is 11.3. The summed E-state index contributed by atoms with van der Waals surface area (Å²) in [7, 11) is 5.90. The Balaban J connectivity index is -0.00000119. The zero-order chi connectivity index (χ0) is 24.1. The number of rotatable bonds is 5. The molecule has 0 saturated heterocycles. The zero-order valence-corrected chi connectivity index (χ0v) is 25.4. The molecule has 9 heteroatoms. The van der Waals surface area contributed by atoms with E-state index in [2.05, 4.69) is 42.7 Å². The Morgan fingerprint density at radius 3 is 2.33 bits per heavy atom. The SMILES string of the molecule is C/C=C(Cl)/C(=C(/C)C=NC)c1[c-]cc(-c2nc(C(C)C)n(C)n2)c(F)c1.C=CN.CP.[CH3-].[Re]. The predicted octanol–water partition coefficient (Wildman–Crippen LogP) is 6.19. The molecule has 1 aromatic heterocycles. The maximum atomic E-state index is 14.8. The molecule has 33 heavy (non-hydrogen) atoms. The van der Waals surface area contributed by atoms with Crippen LogP contribution < -0.4 is 5.73 Å². The third-order valence-corrected chi connectivity index (χ3v) is 4.34. The van der Waals surface area contributed by atoms with Crippen molar-refractivity contribution >= 4 is 32.6 Å². The Hall–Kier alpha value is -1.64. The first kappa shape index (κ1) is 35.9. The van der Waals surface area contributed by atoms with Crippen molar-refractivity contribution < 1.29 is 24.8 Å². The number of nitrogens with zero attached hydrogens (tertiary/aromatic N) is 4. The number of halogens is 2. The molecule has 185 valence electrons. The van der Waals surface area contributed by atoms with Gasteiger partial charge in [0.15, 0.2) is 0 Å². The molecule has 0 aliphatic rings. The molecule has 0 fully saturated rings. The van der Waals surface area contributed by atoms with Gasteiger partial charge >= 0.3 is 0 Å². The number of nitrogens with two attached hydrogens (primary N) is 1. The van der Waals surface area contributed by atoms with Crippen molar-refractivity contribution in [2.45, 2.75) is 33.6 Å². The molecule has 0 aliphatic heterocycles. The summed E-state index contributed by atoms with van der Waals surface area (Å²) in [4.78, 5) is 8.47. The van der Waals surface area contributed by atoms with Crippen LogP contribution in [0.4, 0.5) is 4.39 Å². The number of aromatic nitrogens is 3. The predicted molar refractivity (Wildman–Crippen MR) is 142 cm³/mol. The van der Waals surface area contributed by atoms with Crippen LogP contribution in [0.15, 0.2) is 46.6 Å². The van der Waals surface area contributed by atoms with Gasteiger partial charge in [-0.1, -0.05) is 55.9 Å². The third kappa shape index (κ3) is 10.4. The molecular weight excluding hydrogens is 630 g/mol. The number of hydrogen-bond acceptors (Lipinski definition) is 4. The fourth-order valence-corrected chi connectivity index (χ4v) is 2.98. The van der Waals surface area contributed by atoms with E-state index in [0.717, 1.165) is 11.4 Å². The van der Waals surface area contributed by atoms with Gasteiger partial charge in [-0.05, 0) is 25.6 Å². The monoisotopic (exact) mass is 666 g/mol. The Morgan fingerprint density at radius 2 is 1.94 bits per heavy atom. The van der Waals surface area contributed by atoms with E-state index in [1.807, 2.05) is 41.4 Å². The summed E-state index contributed by atoms with van der Waals surface area (Å²) < 4.78 is 16.5. The van der Waals surface area contributed by atoms with Gasteiger partial charge in [0.1, 0.15) is 11.6 Å². The zero-order valence-electron chi connectivity index (χ0n) is 20.7. The first-order valence-corrected chi connectivity index (χ1v) is 11.2. The van der Waals surface area contributed by atoms with Gasteiger partial charge in [0, 0.05) is 51.7 Å². The number of hydrogen-bond donors (Lipinski definition) is 1. The topological polar surface area (TPSA) is 69.1 Å². The standard InChI is InChI=1S/C20H23ClFN4.C2H5N.CH5P.CH3.Re/c1-7-16(21)18(13(4)11-23-5)14-8-9-15(17(22)10-14)19-24-20(12(2)3)26(6)25-19;1-2-3;1-2;;/h7,9-12H,1-6H3;2H,1,3H2;2H2,1H3;1H3;/q-1;;;-1;/b16-7-,18-13-,23-11?;;;;. The average molecular weight is 666 g/mol. The van der Waals surface area contributed by atoms with Gasteiger partial charge in [-0.25, -0.2) is 9.37 Å². The summed E-state index contributed by atoms with van der Waals surface area (Å²) in [6.45, 7) is 12.8. The summed E-state index contributed by atoms with van der Waals surface area (Å²) in [5, 5.41) is 4.85. The van der Waals surface area contributed by atoms with E-state index >= 15 is 0 Å². The minimum Gasteiger partial charge on any atom is -0.405 e. The second-order valence-electron chi connectivity index (χ2n) is 6.50. The second-order valence-corrected chi connectivity index (χ2v) is 6.91. The number of aryl methyl sites for hydroxylation is 1. The van der Waals surface area contributed by atoms with Crippen LogP contribution in [0.25, 0.3) is 17.0 Å². The Morgan fingerprint density at radius 1 is 1.39 bits per heavy atom. The van der Waals surface area contributed by atoms with Crippen molar-refractivity contribution in [3.8, 4) is 11.4 Å². The van der Waals surface area contributed by atoms with Crippen LogP contribution in [0.3, 0.4) is 0 Å². The van der Waals surface area contributed by atoms with Crippen molar-refractivity contribution in [1.82, 2.24) is 14.8 Å². The quantitative estimate of drug-likeness (QED) is 0.179. The van der Waals surface area contributed by atoms with Gasteiger partial charge in [-0.15, -0.1) is 33.0 Å². The van der Waals surface area contributed by atoms with Crippen LogP contribution in [0.1, 0.15) is 45.0 Å². The van der Waals surface area contributed by atoms with Crippen molar-refractivity contribution in [2.75, 3.05) is 13.7 Å². The van der Waals surface area contributed by atoms with E-state index in [1.165, 1.54) is 12.3 Å². The van der Waals surface area contributed by atoms with Crippen molar-refractivity contribution in [3.05, 3.63) is 72.3 Å². The minimum atomic E-state index is -0.418. The summed E-state index contributed by atoms with van der Waals surface area (Å²) in [6.07, 6.45) is 4.70. The first-order chi connectivity index (χ1) is 14.7. The van der Waals surface area contributed by atoms with E-state index in [1.54, 1.807) is 30.1 Å². The van der Waals surface area contributed by atoms with Crippen LogP contribution in [0.2, 0.25) is 0 Å². The van der Waals surface area contributed by atoms with Gasteiger partial charge in [0.25, 0.3) is 0 Å². The van der Waals surface area contributed by atoms with Crippen LogP contribution in [-0.4, -0.2) is 34.7 Å². The van der Waals surface area contributed by atoms with E-state index in [9.17, 15) is 4.39 Å². The molecule has 1 radical (unpaired) electrons. The van der Waals surface area contributed by atoms with Crippen LogP contribution in [0, 0.1) is 19.3 Å². The van der Waals surface area contributed by atoms with Gasteiger partial charge in [-0.3, -0.25) is 9.67 Å². The van der Waals surface area contributed by atoms with Crippen LogP contribution in [-0.2, 0) is 27.5 Å². The molecule has 0 spiro atoms. The van der Waals surface area contributed by atoms with E-state index in [-0.39, 0.29) is 33.8 Å². The minimum absolute atomic E-state index is 0. The molecule has 0 amide bonds. The Labute approximate surface area is 220 Å². The van der Waals surface area contributed by atoms with Gasteiger partial charge in [-0.2, -0.15) is 5.10 Å². The third-order valence-electron chi connectivity index (χ3n) is 3.93. The maximum Gasteiger partial charge on any atom is 0.143 e. The largest absolute Gasteiger partial charge is 0.405 e. The molecule has 1 unspecified atom stereocenters. The van der Waals surface area contributed by atoms with E-state index < -0.39 is 5.82 Å². The van der Waals surface area contributed by atoms with Gasteiger partial charge < -0.3 is 13.2 Å². The molecule has 2 aromatic rings. The second kappa shape index (κ2) is 18.8. The summed E-state index contributed by atoms with van der Waals surface area (Å²) in [5.74, 6) is 0.938. The molecule has 1 atom stereocenters. The van der Waals surface area contributed by atoms with Crippen LogP contribution in [0.5, 0.6) is 0 Å². The molecule has 1 aromatic carbocycles. The molecular formula is C24H36ClFN5PRe-2. The summed E-state index contributed by atoms with van der Waals surface area (Å²) >= 11 is 6.34. The first-order valence-electron chi connectivity index (χ1n) is 9.70. The van der Waals surface area contributed by atoms with Crippen molar-refractivity contribution in [2.24, 2.45) is 17.8 Å². The molecule has 2 rings (SSSR count). The fourth-order valence-electron chi connectivity index (χ4n) is 2.73. The molecule has 5 nitrogen and oxygen atoms in total. The molecule has 2 N–H and O–H groups in total. The van der Waals surface area contributed by atoms with Crippen molar-refractivity contribution in [1.29, 1.82) is 0 Å². The van der Waals surface area contributed by atoms with E-state index in [0.29, 0.717) is 27.6 Å². The van der Waals surface area contributed by atoms with Crippen molar-refractivity contribution in [3.63, 3.8) is 0 Å². The Kier molecular flexibility index (Phi) is 20.4. The summed E-state index contributed by atoms with van der Waals surface area (Å²) in [5.41, 5.74) is 7.01.